The van der Waals surface area contributed by atoms with Crippen molar-refractivity contribution in [3.8, 4) is 0 Å². The number of amides is 2. The number of nitrogens with one attached hydrogen (secondary N) is 2. The third-order valence-corrected chi connectivity index (χ3v) is 1.35. The van der Waals surface area contributed by atoms with Gasteiger partial charge in [-0.25, -0.2) is 4.57 Å². The van der Waals surface area contributed by atoms with E-state index in [1.807, 2.05) is 0 Å². The first-order valence-corrected chi connectivity index (χ1v) is 4.40. The van der Waals surface area contributed by atoms with Crippen LogP contribution in [0.25, 0.3) is 0 Å². The molecule has 0 aliphatic carbocycles. The summed E-state index contributed by atoms with van der Waals surface area (Å²) in [6.07, 6.45) is 0.625. The van der Waals surface area contributed by atoms with Gasteiger partial charge in [0.1, 0.15) is 0 Å². The van der Waals surface area contributed by atoms with E-state index >= 15 is 0 Å². The lowest BCUT2D eigenvalue weighted by Gasteiger charge is -1.97. The molecule has 0 atom stereocenters. The number of hydrogen-bond acceptors (Lipinski definition) is 3. The summed E-state index contributed by atoms with van der Waals surface area (Å²) in [6.45, 7) is 0. The van der Waals surface area contributed by atoms with Crippen LogP contribution in [0.15, 0.2) is 0 Å². The van der Waals surface area contributed by atoms with Gasteiger partial charge in [-0.2, -0.15) is 0 Å². The molecule has 0 aliphatic heterocycles. The zero-order chi connectivity index (χ0) is 10.2. The molecule has 8 heteroatoms. The maximum absolute atomic E-state index is 9.96. The normalized spacial score (nSPS) is 9.00. The molecule has 0 rings (SSSR count). The van der Waals surface area contributed by atoms with Crippen molar-refractivity contribution in [2.24, 2.45) is 0 Å². The third kappa shape index (κ3) is 9.09. The summed E-state index contributed by atoms with van der Waals surface area (Å²) < 4.78 is 9.84. The van der Waals surface area contributed by atoms with Crippen molar-refractivity contribution in [2.75, 3.05) is 14.1 Å². The molecule has 0 spiro atoms. The predicted octanol–water partition coefficient (Wildman–Crippen LogP) is -1.13. The summed E-state index contributed by atoms with van der Waals surface area (Å²) in [6, 6.07) is 0. The summed E-state index contributed by atoms with van der Waals surface area (Å²) in [4.78, 5) is 35.0. The van der Waals surface area contributed by atoms with Crippen LogP contribution < -0.4 is 10.6 Å². The smallest absolute Gasteiger partial charge is 0.362 e. The van der Waals surface area contributed by atoms with Crippen molar-refractivity contribution in [3.05, 3.63) is 0 Å². The average Bonchev–Trinajstić information content (AvgIpc) is 2.02. The lowest BCUT2D eigenvalue weighted by Crippen LogP contribution is -2.15. The van der Waals surface area contributed by atoms with E-state index in [1.54, 1.807) is 12.4 Å². The lowest BCUT2D eigenvalue weighted by molar-refractivity contribution is -0.109. The zero-order valence-corrected chi connectivity index (χ0v) is 7.54. The molecule has 4 N–H and O–H groups in total. The zero-order valence-electron chi connectivity index (χ0n) is 6.64. The minimum Gasteiger partial charge on any atom is -0.362 e. The monoisotopic (exact) mass is 198 g/mol. The highest BCUT2D eigenvalue weighted by atomic mass is 31.2. The van der Waals surface area contributed by atoms with Gasteiger partial charge in [-0.1, -0.05) is 0 Å². The van der Waals surface area contributed by atoms with Crippen molar-refractivity contribution in [1.82, 2.24) is 10.6 Å². The van der Waals surface area contributed by atoms with Crippen LogP contribution in [0.4, 0.5) is 4.79 Å². The van der Waals surface area contributed by atoms with E-state index in [0.717, 1.165) is 7.05 Å². The quantitative estimate of drug-likeness (QED) is 0.331. The second-order valence-corrected chi connectivity index (χ2v) is 3.00. The van der Waals surface area contributed by atoms with E-state index in [9.17, 15) is 9.36 Å². The fourth-order valence-corrected chi connectivity index (χ4v) is 0.437. The molecule has 0 aromatic carbocycles. The molecular formula is C4H11N2O5P. The topological polar surface area (TPSA) is 116 Å². The van der Waals surface area contributed by atoms with Gasteiger partial charge >= 0.3 is 13.2 Å². The molecule has 0 bridgehead atoms. The average molecular weight is 198 g/mol. The molecule has 0 heterocycles. The highest BCUT2D eigenvalue weighted by Gasteiger charge is 2.23. The Morgan fingerprint density at radius 2 is 1.75 bits per heavy atom. The van der Waals surface area contributed by atoms with Gasteiger partial charge in [-0.3, -0.25) is 9.59 Å². The third-order valence-electron chi connectivity index (χ3n) is 0.596. The summed E-state index contributed by atoms with van der Waals surface area (Å²) >= 11 is 0. The SMILES string of the molecule is CNC(=O)P(=O)(O)O.CNC=O. The van der Waals surface area contributed by atoms with Gasteiger partial charge in [0.2, 0.25) is 6.41 Å². The van der Waals surface area contributed by atoms with Crippen molar-refractivity contribution >= 4 is 19.7 Å². The van der Waals surface area contributed by atoms with E-state index < -0.39 is 13.2 Å². The molecule has 0 saturated carbocycles. The van der Waals surface area contributed by atoms with Gasteiger partial charge in [0.05, 0.1) is 0 Å². The van der Waals surface area contributed by atoms with Crippen molar-refractivity contribution < 1.29 is 23.9 Å². The number of hydrogen-bond donors (Lipinski definition) is 4. The van der Waals surface area contributed by atoms with Crippen LogP contribution in [0, 0.1) is 0 Å². The van der Waals surface area contributed by atoms with Gasteiger partial charge in [-0.15, -0.1) is 0 Å². The van der Waals surface area contributed by atoms with Gasteiger partial charge in [0.15, 0.2) is 0 Å². The van der Waals surface area contributed by atoms with Crippen molar-refractivity contribution in [3.63, 3.8) is 0 Å². The van der Waals surface area contributed by atoms with Crippen molar-refractivity contribution in [1.29, 1.82) is 0 Å². The summed E-state index contributed by atoms with van der Waals surface area (Å²) in [5.41, 5.74) is -1.25. The predicted molar refractivity (Wildman–Crippen MR) is 41.6 cm³/mol. The standard InChI is InChI=1S/C2H6NO4P.C2H5NO/c1-3-2(4)8(5,6)7;1-3-2-4/h1H3,(H,3,4)(H2,5,6,7);2H,1H3,(H,3,4). The molecule has 0 aromatic rings. The minimum absolute atomic E-state index is 0.625. The van der Waals surface area contributed by atoms with Gasteiger partial charge in [-0.05, 0) is 0 Å². The Bertz CT molecular complexity index is 188. The molecule has 0 saturated heterocycles. The van der Waals surface area contributed by atoms with Crippen LogP contribution in [-0.2, 0) is 9.36 Å². The molecule has 7 nitrogen and oxygen atoms in total. The van der Waals surface area contributed by atoms with Gasteiger partial charge in [0, 0.05) is 14.1 Å². The van der Waals surface area contributed by atoms with Crippen LogP contribution in [0.3, 0.4) is 0 Å². The fourth-order valence-electron chi connectivity index (χ4n) is 0.146. The summed E-state index contributed by atoms with van der Waals surface area (Å²) in [7, 11) is -1.79. The molecule has 2 amide bonds. The van der Waals surface area contributed by atoms with E-state index in [-0.39, 0.29) is 0 Å². The number of carbonyl (C=O) groups excluding carboxylic acids is 2. The van der Waals surface area contributed by atoms with Crippen LogP contribution in [0.1, 0.15) is 0 Å². The summed E-state index contributed by atoms with van der Waals surface area (Å²) in [5, 5.41) is 4.05. The Kier molecular flexibility index (Phi) is 7.72. The Labute approximate surface area is 69.3 Å². The lowest BCUT2D eigenvalue weighted by atomic mass is 11.2. The van der Waals surface area contributed by atoms with Gasteiger partial charge in [0.25, 0.3) is 0 Å². The Balaban J connectivity index is 0. The fraction of sp³-hybridized carbons (Fsp3) is 0.500. The second kappa shape index (κ2) is 6.78. The van der Waals surface area contributed by atoms with Crippen LogP contribution in [0.5, 0.6) is 0 Å². The Morgan fingerprint density at radius 3 is 1.75 bits per heavy atom. The second-order valence-electron chi connectivity index (χ2n) is 1.51. The van der Waals surface area contributed by atoms with E-state index in [2.05, 4.69) is 5.32 Å². The minimum atomic E-state index is -4.51. The molecule has 0 fully saturated rings. The Hall–Kier alpha value is -0.910. The molecule has 0 unspecified atom stereocenters. The van der Waals surface area contributed by atoms with E-state index in [0.29, 0.717) is 6.41 Å². The highest BCUT2D eigenvalue weighted by Crippen LogP contribution is 2.34. The summed E-state index contributed by atoms with van der Waals surface area (Å²) in [5.74, 6) is 0. The van der Waals surface area contributed by atoms with Crippen LogP contribution in [0.2, 0.25) is 0 Å². The molecular weight excluding hydrogens is 187 g/mol. The molecule has 72 valence electrons. The molecule has 12 heavy (non-hydrogen) atoms. The van der Waals surface area contributed by atoms with E-state index in [4.69, 9.17) is 14.6 Å². The number of carbonyl (C=O) groups is 2. The first kappa shape index (κ1) is 13.7. The molecule has 0 aliphatic rings. The van der Waals surface area contributed by atoms with Crippen LogP contribution >= 0.6 is 7.60 Å². The van der Waals surface area contributed by atoms with Gasteiger partial charge < -0.3 is 20.4 Å². The van der Waals surface area contributed by atoms with Crippen LogP contribution in [-0.4, -0.2) is 35.9 Å². The maximum Gasteiger partial charge on any atom is 0.413 e. The van der Waals surface area contributed by atoms with Crippen molar-refractivity contribution in [2.45, 2.75) is 0 Å². The first-order chi connectivity index (χ1) is 5.40. The van der Waals surface area contributed by atoms with E-state index in [1.165, 1.54) is 0 Å². The first-order valence-electron chi connectivity index (χ1n) is 2.78. The largest absolute Gasteiger partial charge is 0.413 e. The highest BCUT2D eigenvalue weighted by molar-refractivity contribution is 7.69. The number of rotatable bonds is 2. The molecule has 0 radical (unpaired) electrons. The molecule has 0 aromatic heterocycles. The maximum atomic E-state index is 9.96. The Morgan fingerprint density at radius 1 is 1.42 bits per heavy atom.